The Balaban J connectivity index is 2.31. The molecule has 0 aliphatic heterocycles. The summed E-state index contributed by atoms with van der Waals surface area (Å²) >= 11 is 6.34. The minimum absolute atomic E-state index is 0.232. The van der Waals surface area contributed by atoms with Crippen molar-refractivity contribution >= 4 is 28.5 Å². The van der Waals surface area contributed by atoms with Crippen LogP contribution < -0.4 is 0 Å². The highest BCUT2D eigenvalue weighted by molar-refractivity contribution is 6.38. The van der Waals surface area contributed by atoms with Crippen molar-refractivity contribution in [2.24, 2.45) is 0 Å². The molecule has 0 aliphatic carbocycles. The lowest BCUT2D eigenvalue weighted by atomic mass is 10.0. The fourth-order valence-corrected chi connectivity index (χ4v) is 2.49. The summed E-state index contributed by atoms with van der Waals surface area (Å²) in [6.07, 6.45) is 0. The molecule has 0 bridgehead atoms. The third kappa shape index (κ3) is 1.88. The molecule has 0 amide bonds. The number of hydrogen-bond acceptors (Lipinski definition) is 1. The molecule has 3 aromatic rings. The first-order chi connectivity index (χ1) is 9.18. The first-order valence-corrected chi connectivity index (χ1v) is 6.15. The number of fused-ring (bicyclic) bond motifs is 1. The van der Waals surface area contributed by atoms with E-state index >= 15 is 0 Å². The molecular formula is C15H10ClNO2. The molecule has 94 valence electrons. The molecule has 0 radical (unpaired) electrons. The fourth-order valence-electron chi connectivity index (χ4n) is 2.18. The Hall–Kier alpha value is -2.26. The molecule has 3 nitrogen and oxygen atoms in total. The van der Waals surface area contributed by atoms with Gasteiger partial charge in [0.15, 0.2) is 0 Å². The number of aromatic carboxylic acids is 1. The first-order valence-electron chi connectivity index (χ1n) is 5.77. The first kappa shape index (κ1) is 11.8. The molecule has 0 aliphatic rings. The molecule has 0 unspecified atom stereocenters. The maximum absolute atomic E-state index is 11.3. The Morgan fingerprint density at radius 3 is 2.47 bits per heavy atom. The monoisotopic (exact) mass is 271 g/mol. The number of para-hydroxylation sites is 1. The van der Waals surface area contributed by atoms with Gasteiger partial charge in [0.1, 0.15) is 0 Å². The molecule has 1 heterocycles. The molecular weight excluding hydrogens is 262 g/mol. The van der Waals surface area contributed by atoms with E-state index < -0.39 is 5.97 Å². The van der Waals surface area contributed by atoms with Crippen molar-refractivity contribution in [3.8, 4) is 11.3 Å². The van der Waals surface area contributed by atoms with Crippen LogP contribution in [-0.2, 0) is 0 Å². The average molecular weight is 272 g/mol. The zero-order valence-electron chi connectivity index (χ0n) is 9.85. The van der Waals surface area contributed by atoms with E-state index in [-0.39, 0.29) is 5.56 Å². The van der Waals surface area contributed by atoms with Crippen LogP contribution in [0.3, 0.4) is 0 Å². The number of aromatic nitrogens is 1. The Kier molecular flexibility index (Phi) is 2.76. The van der Waals surface area contributed by atoms with E-state index in [0.29, 0.717) is 16.3 Å². The van der Waals surface area contributed by atoms with Crippen LogP contribution in [0, 0.1) is 0 Å². The van der Waals surface area contributed by atoms with E-state index in [1.54, 1.807) is 24.3 Å². The van der Waals surface area contributed by atoms with Crippen LogP contribution in [0.15, 0.2) is 48.5 Å². The Labute approximate surface area is 114 Å². The van der Waals surface area contributed by atoms with Gasteiger partial charge in [0.2, 0.25) is 0 Å². The molecule has 1 aromatic heterocycles. The van der Waals surface area contributed by atoms with Gasteiger partial charge in [-0.3, -0.25) is 0 Å². The van der Waals surface area contributed by atoms with E-state index in [1.165, 1.54) is 0 Å². The minimum Gasteiger partial charge on any atom is -0.478 e. The Morgan fingerprint density at radius 1 is 1.05 bits per heavy atom. The van der Waals surface area contributed by atoms with Crippen molar-refractivity contribution in [3.63, 3.8) is 0 Å². The van der Waals surface area contributed by atoms with Crippen LogP contribution in [0.1, 0.15) is 10.4 Å². The number of H-pyrrole nitrogens is 1. The number of halogens is 1. The number of carboxylic acids is 1. The summed E-state index contributed by atoms with van der Waals surface area (Å²) in [5.74, 6) is -0.967. The summed E-state index contributed by atoms with van der Waals surface area (Å²) in [6, 6.07) is 14.4. The maximum atomic E-state index is 11.3. The molecule has 2 N–H and O–H groups in total. The van der Waals surface area contributed by atoms with Gasteiger partial charge in [-0.15, -0.1) is 0 Å². The van der Waals surface area contributed by atoms with Gasteiger partial charge in [-0.05, 0) is 12.1 Å². The van der Waals surface area contributed by atoms with Crippen LogP contribution in [0.2, 0.25) is 5.02 Å². The predicted octanol–water partition coefficient (Wildman–Crippen LogP) is 4.19. The van der Waals surface area contributed by atoms with Crippen molar-refractivity contribution in [3.05, 3.63) is 59.1 Å². The second-order valence-electron chi connectivity index (χ2n) is 4.21. The van der Waals surface area contributed by atoms with Gasteiger partial charge in [0.25, 0.3) is 0 Å². The van der Waals surface area contributed by atoms with E-state index in [0.717, 1.165) is 10.9 Å². The average Bonchev–Trinajstić information content (AvgIpc) is 2.76. The van der Waals surface area contributed by atoms with Crippen molar-refractivity contribution in [1.82, 2.24) is 4.98 Å². The topological polar surface area (TPSA) is 53.1 Å². The molecule has 0 spiro atoms. The molecule has 19 heavy (non-hydrogen) atoms. The number of nitrogens with one attached hydrogen (secondary N) is 1. The SMILES string of the molecule is O=C(O)c1ccccc1-c1[nH]c2ccccc2c1Cl. The normalized spacial score (nSPS) is 10.8. The summed E-state index contributed by atoms with van der Waals surface area (Å²) in [5.41, 5.74) is 2.36. The largest absolute Gasteiger partial charge is 0.478 e. The number of hydrogen-bond donors (Lipinski definition) is 2. The maximum Gasteiger partial charge on any atom is 0.336 e. The second kappa shape index (κ2) is 4.44. The third-order valence-electron chi connectivity index (χ3n) is 3.07. The molecule has 0 atom stereocenters. The standard InChI is InChI=1S/C15H10ClNO2/c16-13-11-7-3-4-8-12(11)17-14(13)9-5-1-2-6-10(9)15(18)19/h1-8,17H,(H,18,19). The van der Waals surface area contributed by atoms with Crippen LogP contribution in [0.25, 0.3) is 22.2 Å². The van der Waals surface area contributed by atoms with Crippen molar-refractivity contribution in [2.45, 2.75) is 0 Å². The molecule has 0 fully saturated rings. The van der Waals surface area contributed by atoms with E-state index in [9.17, 15) is 9.90 Å². The highest BCUT2D eigenvalue weighted by Gasteiger charge is 2.16. The summed E-state index contributed by atoms with van der Waals surface area (Å²) in [7, 11) is 0. The molecule has 3 rings (SSSR count). The highest BCUT2D eigenvalue weighted by Crippen LogP contribution is 2.35. The fraction of sp³-hybridized carbons (Fsp3) is 0. The lowest BCUT2D eigenvalue weighted by molar-refractivity contribution is 0.0697. The number of carboxylic acid groups (broad SMARTS) is 1. The highest BCUT2D eigenvalue weighted by atomic mass is 35.5. The number of aromatic amines is 1. The zero-order valence-corrected chi connectivity index (χ0v) is 10.6. The Morgan fingerprint density at radius 2 is 1.74 bits per heavy atom. The lowest BCUT2D eigenvalue weighted by Crippen LogP contribution is -1.99. The molecule has 0 saturated carbocycles. The molecule has 2 aromatic carbocycles. The summed E-state index contributed by atoms with van der Waals surface area (Å²) in [4.78, 5) is 14.4. The summed E-state index contributed by atoms with van der Waals surface area (Å²) in [5, 5.41) is 10.7. The predicted molar refractivity (Wildman–Crippen MR) is 75.7 cm³/mol. The van der Waals surface area contributed by atoms with Crippen molar-refractivity contribution in [1.29, 1.82) is 0 Å². The van der Waals surface area contributed by atoms with Crippen LogP contribution >= 0.6 is 11.6 Å². The van der Waals surface area contributed by atoms with E-state index in [4.69, 9.17) is 11.6 Å². The van der Waals surface area contributed by atoms with Crippen LogP contribution in [0.5, 0.6) is 0 Å². The number of carbonyl (C=O) groups is 1. The quantitative estimate of drug-likeness (QED) is 0.734. The molecule has 0 saturated heterocycles. The van der Waals surface area contributed by atoms with Gasteiger partial charge in [0, 0.05) is 16.5 Å². The minimum atomic E-state index is -0.967. The Bertz CT molecular complexity index is 777. The third-order valence-corrected chi connectivity index (χ3v) is 3.46. The smallest absolute Gasteiger partial charge is 0.336 e. The van der Waals surface area contributed by atoms with Gasteiger partial charge < -0.3 is 10.1 Å². The van der Waals surface area contributed by atoms with Gasteiger partial charge in [-0.2, -0.15) is 0 Å². The summed E-state index contributed by atoms with van der Waals surface area (Å²) < 4.78 is 0. The van der Waals surface area contributed by atoms with Gasteiger partial charge in [-0.25, -0.2) is 4.79 Å². The van der Waals surface area contributed by atoms with Gasteiger partial charge >= 0.3 is 5.97 Å². The number of rotatable bonds is 2. The van der Waals surface area contributed by atoms with Crippen molar-refractivity contribution < 1.29 is 9.90 Å². The second-order valence-corrected chi connectivity index (χ2v) is 4.59. The van der Waals surface area contributed by atoms with E-state index in [1.807, 2.05) is 24.3 Å². The zero-order chi connectivity index (χ0) is 13.4. The molecule has 4 heteroatoms. The van der Waals surface area contributed by atoms with Gasteiger partial charge in [0.05, 0.1) is 16.3 Å². The van der Waals surface area contributed by atoms with Gasteiger partial charge in [-0.1, -0.05) is 48.0 Å². The lowest BCUT2D eigenvalue weighted by Gasteiger charge is -2.04. The summed E-state index contributed by atoms with van der Waals surface area (Å²) in [6.45, 7) is 0. The number of benzene rings is 2. The van der Waals surface area contributed by atoms with Crippen molar-refractivity contribution in [2.75, 3.05) is 0 Å². The van der Waals surface area contributed by atoms with Crippen LogP contribution in [0.4, 0.5) is 0 Å². The van der Waals surface area contributed by atoms with Crippen LogP contribution in [-0.4, -0.2) is 16.1 Å². The van der Waals surface area contributed by atoms with E-state index in [2.05, 4.69) is 4.98 Å².